The van der Waals surface area contributed by atoms with E-state index in [1.54, 1.807) is 11.8 Å². The van der Waals surface area contributed by atoms with Gasteiger partial charge in [-0.2, -0.15) is 11.8 Å². The van der Waals surface area contributed by atoms with Crippen LogP contribution in [-0.4, -0.2) is 41.8 Å². The van der Waals surface area contributed by atoms with Gasteiger partial charge >= 0.3 is 6.03 Å². The molecule has 0 aliphatic heterocycles. The van der Waals surface area contributed by atoms with E-state index in [4.69, 9.17) is 5.11 Å². The van der Waals surface area contributed by atoms with Crippen LogP contribution in [0.1, 0.15) is 27.2 Å². The zero-order valence-electron chi connectivity index (χ0n) is 10.6. The number of carbonyl (C=O) groups is 1. The molecule has 0 aromatic rings. The van der Waals surface area contributed by atoms with Gasteiger partial charge in [0.1, 0.15) is 0 Å². The van der Waals surface area contributed by atoms with Gasteiger partial charge in [0.05, 0.1) is 12.6 Å². The summed E-state index contributed by atoms with van der Waals surface area (Å²) in [4.78, 5) is 11.5. The number of aliphatic hydroxyl groups excluding tert-OH is 1. The first-order valence-corrected chi connectivity index (χ1v) is 6.96. The first-order valence-electron chi connectivity index (χ1n) is 5.67. The minimum atomic E-state index is -0.194. The summed E-state index contributed by atoms with van der Waals surface area (Å²) in [7, 11) is 0. The third kappa shape index (κ3) is 7.82. The fourth-order valence-electron chi connectivity index (χ4n) is 1.30. The largest absolute Gasteiger partial charge is 0.394 e. The number of carbonyl (C=O) groups excluding carboxylic acids is 1. The highest BCUT2D eigenvalue weighted by Crippen LogP contribution is 2.04. The smallest absolute Gasteiger partial charge is 0.315 e. The lowest BCUT2D eigenvalue weighted by Gasteiger charge is -2.19. The van der Waals surface area contributed by atoms with Crippen LogP contribution in [0.5, 0.6) is 0 Å². The van der Waals surface area contributed by atoms with Crippen molar-refractivity contribution in [2.75, 3.05) is 19.4 Å². The van der Waals surface area contributed by atoms with Crippen LogP contribution < -0.4 is 10.6 Å². The second-order valence-corrected chi connectivity index (χ2v) is 5.69. The number of hydrogen-bond acceptors (Lipinski definition) is 3. The predicted molar refractivity (Wildman–Crippen MR) is 69.8 cm³/mol. The predicted octanol–water partition coefficient (Wildman–Crippen LogP) is 1.44. The van der Waals surface area contributed by atoms with E-state index in [2.05, 4.69) is 31.4 Å². The quantitative estimate of drug-likeness (QED) is 0.639. The first kappa shape index (κ1) is 15.6. The van der Waals surface area contributed by atoms with Crippen molar-refractivity contribution in [3.8, 4) is 0 Å². The number of hydrogen-bond donors (Lipinski definition) is 3. The maximum absolute atomic E-state index is 11.5. The summed E-state index contributed by atoms with van der Waals surface area (Å²) in [6.45, 7) is 6.83. The lowest BCUT2D eigenvalue weighted by molar-refractivity contribution is 0.207. The number of nitrogens with one attached hydrogen (secondary N) is 2. The van der Waals surface area contributed by atoms with Crippen molar-refractivity contribution in [3.05, 3.63) is 0 Å². The first-order chi connectivity index (χ1) is 7.49. The van der Waals surface area contributed by atoms with Crippen molar-refractivity contribution in [3.63, 3.8) is 0 Å². The van der Waals surface area contributed by atoms with E-state index in [9.17, 15) is 4.79 Å². The van der Waals surface area contributed by atoms with E-state index in [0.29, 0.717) is 17.7 Å². The molecular formula is C11H24N2O2S. The Balaban J connectivity index is 3.82. The lowest BCUT2D eigenvalue weighted by Crippen LogP contribution is -2.45. The summed E-state index contributed by atoms with van der Waals surface area (Å²) in [5.41, 5.74) is 0. The summed E-state index contributed by atoms with van der Waals surface area (Å²) in [6, 6.07) is -0.342. The molecule has 3 N–H and O–H groups in total. The molecule has 4 nitrogen and oxygen atoms in total. The molecule has 0 radical (unpaired) electrons. The molecule has 2 atom stereocenters. The van der Waals surface area contributed by atoms with Crippen molar-refractivity contribution in [2.45, 2.75) is 38.5 Å². The van der Waals surface area contributed by atoms with Crippen LogP contribution in [0.3, 0.4) is 0 Å². The molecular weight excluding hydrogens is 224 g/mol. The van der Waals surface area contributed by atoms with E-state index >= 15 is 0 Å². The third-order valence-corrected chi connectivity index (χ3v) is 3.24. The van der Waals surface area contributed by atoms with E-state index < -0.39 is 0 Å². The van der Waals surface area contributed by atoms with Gasteiger partial charge in [0.2, 0.25) is 0 Å². The Hall–Kier alpha value is -0.420. The Morgan fingerprint density at radius 2 is 2.00 bits per heavy atom. The standard InChI is InChI=1S/C11H24N2O2S/c1-8(2)5-10(7-14)13-11(15)12-6-9(3)16-4/h8-10,14H,5-7H2,1-4H3,(H2,12,13,15). The molecule has 16 heavy (non-hydrogen) atoms. The van der Waals surface area contributed by atoms with Crippen molar-refractivity contribution in [2.24, 2.45) is 5.92 Å². The van der Waals surface area contributed by atoms with Crippen LogP contribution in [0.4, 0.5) is 4.79 Å². The fourth-order valence-corrected chi connectivity index (χ4v) is 1.55. The minimum absolute atomic E-state index is 0.0102. The van der Waals surface area contributed by atoms with Gasteiger partial charge in [-0.3, -0.25) is 0 Å². The molecule has 0 fully saturated rings. The van der Waals surface area contributed by atoms with Crippen LogP contribution in [0.2, 0.25) is 0 Å². The Labute approximate surface area is 103 Å². The molecule has 0 aliphatic rings. The molecule has 0 rings (SSSR count). The van der Waals surface area contributed by atoms with Gasteiger partial charge in [0.15, 0.2) is 0 Å². The lowest BCUT2D eigenvalue weighted by atomic mass is 10.0. The Morgan fingerprint density at radius 3 is 2.44 bits per heavy atom. The van der Waals surface area contributed by atoms with Gasteiger partial charge in [-0.25, -0.2) is 4.79 Å². The Morgan fingerprint density at radius 1 is 1.38 bits per heavy atom. The molecule has 0 saturated heterocycles. The maximum atomic E-state index is 11.5. The van der Waals surface area contributed by atoms with Crippen molar-refractivity contribution >= 4 is 17.8 Å². The van der Waals surface area contributed by atoms with Crippen molar-refractivity contribution in [1.82, 2.24) is 10.6 Å². The van der Waals surface area contributed by atoms with Crippen LogP contribution in [-0.2, 0) is 0 Å². The van der Waals surface area contributed by atoms with Crippen molar-refractivity contribution < 1.29 is 9.90 Å². The van der Waals surface area contributed by atoms with E-state index in [1.807, 2.05) is 6.26 Å². The SMILES string of the molecule is CSC(C)CNC(=O)NC(CO)CC(C)C. The second kappa shape index (κ2) is 8.70. The summed E-state index contributed by atoms with van der Waals surface area (Å²) in [5, 5.41) is 15.1. The normalized spacial score (nSPS) is 14.6. The van der Waals surface area contributed by atoms with Gasteiger partial charge in [-0.05, 0) is 18.6 Å². The van der Waals surface area contributed by atoms with Gasteiger partial charge in [0.25, 0.3) is 0 Å². The van der Waals surface area contributed by atoms with Crippen molar-refractivity contribution in [1.29, 1.82) is 0 Å². The molecule has 0 bridgehead atoms. The maximum Gasteiger partial charge on any atom is 0.315 e. The number of thioether (sulfide) groups is 1. The number of aliphatic hydroxyl groups is 1. The Kier molecular flexibility index (Phi) is 8.47. The summed E-state index contributed by atoms with van der Waals surface area (Å²) in [5.74, 6) is 0.461. The van der Waals surface area contributed by atoms with Gasteiger partial charge in [-0.15, -0.1) is 0 Å². The average molecular weight is 248 g/mol. The Bertz CT molecular complexity index is 200. The van der Waals surface area contributed by atoms with E-state index in [1.165, 1.54) is 0 Å². The molecule has 0 heterocycles. The van der Waals surface area contributed by atoms with E-state index in [0.717, 1.165) is 6.42 Å². The average Bonchev–Trinajstić information content (AvgIpc) is 2.24. The molecule has 0 saturated carbocycles. The highest BCUT2D eigenvalue weighted by atomic mass is 32.2. The minimum Gasteiger partial charge on any atom is -0.394 e. The highest BCUT2D eigenvalue weighted by molar-refractivity contribution is 7.99. The number of rotatable bonds is 7. The number of urea groups is 1. The monoisotopic (exact) mass is 248 g/mol. The zero-order chi connectivity index (χ0) is 12.6. The molecule has 0 aromatic heterocycles. The topological polar surface area (TPSA) is 61.4 Å². The van der Waals surface area contributed by atoms with Gasteiger partial charge in [0, 0.05) is 11.8 Å². The molecule has 2 amide bonds. The molecule has 96 valence electrons. The van der Waals surface area contributed by atoms with Crippen LogP contribution >= 0.6 is 11.8 Å². The highest BCUT2D eigenvalue weighted by Gasteiger charge is 2.12. The molecule has 2 unspecified atom stereocenters. The molecule has 0 spiro atoms. The van der Waals surface area contributed by atoms with Gasteiger partial charge < -0.3 is 15.7 Å². The van der Waals surface area contributed by atoms with Gasteiger partial charge in [-0.1, -0.05) is 20.8 Å². The summed E-state index contributed by atoms with van der Waals surface area (Å²) < 4.78 is 0. The van der Waals surface area contributed by atoms with E-state index in [-0.39, 0.29) is 18.7 Å². The second-order valence-electron chi connectivity index (χ2n) is 4.41. The summed E-state index contributed by atoms with van der Waals surface area (Å²) >= 11 is 1.71. The third-order valence-electron chi connectivity index (χ3n) is 2.26. The molecule has 0 aliphatic carbocycles. The van der Waals surface area contributed by atoms with Crippen LogP contribution in [0.15, 0.2) is 0 Å². The van der Waals surface area contributed by atoms with Crippen LogP contribution in [0.25, 0.3) is 0 Å². The summed E-state index contributed by atoms with van der Waals surface area (Å²) in [6.07, 6.45) is 2.81. The number of amides is 2. The zero-order valence-corrected chi connectivity index (χ0v) is 11.4. The molecule has 5 heteroatoms. The molecule has 0 aromatic carbocycles. The fraction of sp³-hybridized carbons (Fsp3) is 0.909. The van der Waals surface area contributed by atoms with Crippen LogP contribution in [0, 0.1) is 5.92 Å².